The largest absolute Gasteiger partial charge is 0.477 e. The number of hydrogen-bond acceptors (Lipinski definition) is 5. The van der Waals surface area contributed by atoms with Crippen LogP contribution in [0.4, 0.5) is 11.4 Å². The van der Waals surface area contributed by atoms with Crippen LogP contribution in [0.3, 0.4) is 0 Å². The molecule has 2 N–H and O–H groups in total. The van der Waals surface area contributed by atoms with Crippen molar-refractivity contribution < 1.29 is 19.9 Å². The Balaban J connectivity index is 2.41. The summed E-state index contributed by atoms with van der Waals surface area (Å²) in [5.41, 5.74) is -0.158. The first-order valence-electron chi connectivity index (χ1n) is 6.35. The predicted octanol–water partition coefficient (Wildman–Crippen LogP) is 1.50. The van der Waals surface area contributed by atoms with Gasteiger partial charge in [-0.05, 0) is 24.5 Å². The van der Waals surface area contributed by atoms with Crippen molar-refractivity contribution in [3.63, 3.8) is 0 Å². The molecular formula is C13H16N2O5. The Morgan fingerprint density at radius 3 is 2.80 bits per heavy atom. The minimum atomic E-state index is -1.33. The number of aliphatic hydroxyl groups is 1. The molecule has 2 rings (SSSR count). The number of carboxylic acids is 1. The molecule has 0 radical (unpaired) electrons. The molecule has 0 bridgehead atoms. The van der Waals surface area contributed by atoms with Crippen LogP contribution in [0.1, 0.15) is 23.7 Å². The monoisotopic (exact) mass is 280 g/mol. The number of aliphatic hydroxyl groups excluding tert-OH is 1. The fourth-order valence-electron chi connectivity index (χ4n) is 2.64. The Labute approximate surface area is 115 Å². The van der Waals surface area contributed by atoms with Crippen LogP contribution in [0.25, 0.3) is 0 Å². The minimum absolute atomic E-state index is 0.0272. The van der Waals surface area contributed by atoms with Crippen molar-refractivity contribution in [3.05, 3.63) is 33.9 Å². The first-order valence-corrected chi connectivity index (χ1v) is 6.35. The van der Waals surface area contributed by atoms with Gasteiger partial charge in [0.15, 0.2) is 0 Å². The average Bonchev–Trinajstić information content (AvgIpc) is 2.78. The lowest BCUT2D eigenvalue weighted by Crippen LogP contribution is -2.35. The third-order valence-corrected chi connectivity index (χ3v) is 3.81. The number of nitrogens with zero attached hydrogens (tertiary/aromatic N) is 2. The summed E-state index contributed by atoms with van der Waals surface area (Å²) in [5, 5.41) is 29.3. The van der Waals surface area contributed by atoms with Crippen molar-refractivity contribution in [1.29, 1.82) is 0 Å². The lowest BCUT2D eigenvalue weighted by molar-refractivity contribution is -0.385. The number of carboxylic acid groups (broad SMARTS) is 1. The van der Waals surface area contributed by atoms with Crippen LogP contribution in [0, 0.1) is 16.0 Å². The maximum absolute atomic E-state index is 11.1. The Morgan fingerprint density at radius 1 is 1.55 bits per heavy atom. The van der Waals surface area contributed by atoms with Crippen LogP contribution in [0.15, 0.2) is 18.2 Å². The summed E-state index contributed by atoms with van der Waals surface area (Å²) >= 11 is 0. The van der Waals surface area contributed by atoms with Crippen molar-refractivity contribution in [1.82, 2.24) is 0 Å². The zero-order valence-corrected chi connectivity index (χ0v) is 11.0. The number of nitro benzene ring substituents is 1. The van der Waals surface area contributed by atoms with Crippen molar-refractivity contribution in [2.75, 3.05) is 18.1 Å². The van der Waals surface area contributed by atoms with Crippen LogP contribution in [-0.2, 0) is 0 Å². The number of nitro groups is 1. The summed E-state index contributed by atoms with van der Waals surface area (Å²) in [5.74, 6) is -1.03. The second-order valence-electron chi connectivity index (χ2n) is 4.97. The number of carbonyl (C=O) groups is 1. The van der Waals surface area contributed by atoms with E-state index in [9.17, 15) is 20.0 Å². The Hall–Kier alpha value is -2.15. The van der Waals surface area contributed by atoms with Gasteiger partial charge in [-0.25, -0.2) is 4.79 Å². The molecule has 1 saturated heterocycles. The summed E-state index contributed by atoms with van der Waals surface area (Å²) in [6.07, 6.45) is 0.893. The summed E-state index contributed by atoms with van der Waals surface area (Å²) < 4.78 is 0. The van der Waals surface area contributed by atoms with Gasteiger partial charge in [0.2, 0.25) is 0 Å². The zero-order valence-electron chi connectivity index (χ0n) is 11.0. The standard InChI is InChI=1S/C13H16N2O5/c1-8-4-5-14(12(8)7-16)9-2-3-11(15(19)20)10(6-9)13(17)18/h2-3,6,8,12,16H,4-5,7H2,1H3,(H,17,18). The third-order valence-electron chi connectivity index (χ3n) is 3.81. The second kappa shape index (κ2) is 5.46. The minimum Gasteiger partial charge on any atom is -0.477 e. The number of anilines is 1. The van der Waals surface area contributed by atoms with Crippen LogP contribution in [0.2, 0.25) is 0 Å². The first-order chi connectivity index (χ1) is 9.45. The molecule has 0 amide bonds. The molecule has 7 heteroatoms. The predicted molar refractivity (Wildman–Crippen MR) is 72.1 cm³/mol. The Bertz CT molecular complexity index is 546. The number of aromatic carboxylic acids is 1. The van der Waals surface area contributed by atoms with Crippen molar-refractivity contribution in [2.45, 2.75) is 19.4 Å². The molecule has 1 aliphatic rings. The molecule has 0 spiro atoms. The Kier molecular flexibility index (Phi) is 3.89. The molecule has 2 unspecified atom stereocenters. The van der Waals surface area contributed by atoms with Crippen molar-refractivity contribution in [3.8, 4) is 0 Å². The van der Waals surface area contributed by atoms with Crippen LogP contribution in [-0.4, -0.2) is 40.3 Å². The summed E-state index contributed by atoms with van der Waals surface area (Å²) in [4.78, 5) is 23.2. The van der Waals surface area contributed by atoms with Gasteiger partial charge in [0.25, 0.3) is 5.69 Å². The van der Waals surface area contributed by atoms with E-state index in [1.165, 1.54) is 18.2 Å². The molecule has 1 aromatic carbocycles. The molecule has 1 aromatic rings. The number of benzene rings is 1. The highest BCUT2D eigenvalue weighted by atomic mass is 16.6. The molecule has 0 aromatic heterocycles. The number of hydrogen-bond donors (Lipinski definition) is 2. The molecule has 7 nitrogen and oxygen atoms in total. The molecule has 1 fully saturated rings. The smallest absolute Gasteiger partial charge is 0.342 e. The van der Waals surface area contributed by atoms with E-state index in [1.807, 2.05) is 11.8 Å². The van der Waals surface area contributed by atoms with E-state index in [2.05, 4.69) is 0 Å². The van der Waals surface area contributed by atoms with Crippen LogP contribution >= 0.6 is 0 Å². The zero-order chi connectivity index (χ0) is 14.9. The lowest BCUT2D eigenvalue weighted by Gasteiger charge is -2.27. The molecule has 0 saturated carbocycles. The van der Waals surface area contributed by atoms with Gasteiger partial charge in [0, 0.05) is 18.3 Å². The first kappa shape index (κ1) is 14.3. The van der Waals surface area contributed by atoms with Gasteiger partial charge in [-0.1, -0.05) is 6.92 Å². The summed E-state index contributed by atoms with van der Waals surface area (Å²) in [6.45, 7) is 2.69. The van der Waals surface area contributed by atoms with Gasteiger partial charge in [-0.2, -0.15) is 0 Å². The topological polar surface area (TPSA) is 104 Å². The fraction of sp³-hybridized carbons (Fsp3) is 0.462. The van der Waals surface area contributed by atoms with Gasteiger partial charge >= 0.3 is 5.97 Å². The van der Waals surface area contributed by atoms with Crippen molar-refractivity contribution >= 4 is 17.3 Å². The maximum Gasteiger partial charge on any atom is 0.342 e. The highest BCUT2D eigenvalue weighted by Crippen LogP contribution is 2.32. The fourth-order valence-corrected chi connectivity index (χ4v) is 2.64. The molecule has 1 heterocycles. The molecule has 1 aliphatic heterocycles. The van der Waals surface area contributed by atoms with Gasteiger partial charge in [-0.15, -0.1) is 0 Å². The van der Waals surface area contributed by atoms with Crippen molar-refractivity contribution in [2.24, 2.45) is 5.92 Å². The van der Waals surface area contributed by atoms with E-state index < -0.39 is 16.6 Å². The summed E-state index contributed by atoms with van der Waals surface area (Å²) in [7, 11) is 0. The Morgan fingerprint density at radius 2 is 2.25 bits per heavy atom. The third kappa shape index (κ3) is 2.44. The van der Waals surface area contributed by atoms with E-state index in [0.29, 0.717) is 18.2 Å². The highest BCUT2D eigenvalue weighted by Gasteiger charge is 2.32. The van der Waals surface area contributed by atoms with Gasteiger partial charge in [0.05, 0.1) is 17.6 Å². The van der Waals surface area contributed by atoms with Gasteiger partial charge in [-0.3, -0.25) is 10.1 Å². The van der Waals surface area contributed by atoms with Gasteiger partial charge < -0.3 is 15.1 Å². The lowest BCUT2D eigenvalue weighted by atomic mass is 10.0. The van der Waals surface area contributed by atoms with E-state index >= 15 is 0 Å². The van der Waals surface area contributed by atoms with Crippen LogP contribution in [0.5, 0.6) is 0 Å². The molecule has 2 atom stereocenters. The van der Waals surface area contributed by atoms with Crippen LogP contribution < -0.4 is 4.90 Å². The highest BCUT2D eigenvalue weighted by molar-refractivity contribution is 5.93. The molecule has 0 aliphatic carbocycles. The quantitative estimate of drug-likeness (QED) is 0.639. The summed E-state index contributed by atoms with van der Waals surface area (Å²) in [6, 6.07) is 3.96. The second-order valence-corrected chi connectivity index (χ2v) is 4.97. The van der Waals surface area contributed by atoms with Gasteiger partial charge in [0.1, 0.15) is 5.56 Å². The normalized spacial score (nSPS) is 22.0. The molecule has 20 heavy (non-hydrogen) atoms. The maximum atomic E-state index is 11.1. The molecular weight excluding hydrogens is 264 g/mol. The van der Waals surface area contributed by atoms with E-state index in [1.54, 1.807) is 0 Å². The van der Waals surface area contributed by atoms with E-state index in [0.717, 1.165) is 6.42 Å². The van der Waals surface area contributed by atoms with E-state index in [-0.39, 0.29) is 18.2 Å². The SMILES string of the molecule is CC1CCN(c2ccc([N+](=O)[O-])c(C(=O)O)c2)C1CO. The molecule has 108 valence electrons. The van der Waals surface area contributed by atoms with E-state index in [4.69, 9.17) is 5.11 Å². The average molecular weight is 280 g/mol. The number of rotatable bonds is 4.